The van der Waals surface area contributed by atoms with Crippen molar-refractivity contribution in [2.45, 2.75) is 83.3 Å². The molecule has 8 heteroatoms. The Labute approximate surface area is 235 Å². The van der Waals surface area contributed by atoms with E-state index in [1.165, 1.54) is 12.8 Å². The van der Waals surface area contributed by atoms with Crippen LogP contribution in [0.4, 0.5) is 4.79 Å². The van der Waals surface area contributed by atoms with Crippen molar-refractivity contribution < 1.29 is 28.5 Å². The van der Waals surface area contributed by atoms with Gasteiger partial charge in [-0.15, -0.1) is 0 Å². The van der Waals surface area contributed by atoms with Gasteiger partial charge >= 0.3 is 17.3 Å². The van der Waals surface area contributed by atoms with Crippen LogP contribution >= 0.6 is 12.2 Å². The van der Waals surface area contributed by atoms with Gasteiger partial charge in [-0.3, -0.25) is 4.90 Å². The number of nitrogens with zero attached hydrogens (tertiary/aromatic N) is 1. The highest BCUT2D eigenvalue weighted by Crippen LogP contribution is 2.50. The van der Waals surface area contributed by atoms with Crippen LogP contribution in [0.15, 0.2) is 60.7 Å². The lowest BCUT2D eigenvalue weighted by Crippen LogP contribution is -2.69. The molecule has 2 aromatic carbocycles. The molecule has 2 aliphatic carbocycles. The van der Waals surface area contributed by atoms with Gasteiger partial charge in [0.05, 0.1) is 0 Å². The highest BCUT2D eigenvalue weighted by molar-refractivity contribution is 7.79. The number of piperidine rings is 2. The topological polar surface area (TPSA) is 74.3 Å². The molecule has 208 valence electrons. The summed E-state index contributed by atoms with van der Waals surface area (Å²) in [6.45, 7) is 5.64. The van der Waals surface area contributed by atoms with Crippen LogP contribution in [-0.2, 0) is 25.6 Å². The Bertz CT molecular complexity index is 1160. The predicted octanol–water partition coefficient (Wildman–Crippen LogP) is 6.29. The molecule has 0 aromatic heterocycles. The van der Waals surface area contributed by atoms with E-state index in [0.29, 0.717) is 11.7 Å². The minimum atomic E-state index is -0.831. The number of carbonyl (C=O) groups is 2. The van der Waals surface area contributed by atoms with Gasteiger partial charge in [-0.2, -0.15) is 0 Å². The zero-order chi connectivity index (χ0) is 27.6. The van der Waals surface area contributed by atoms with Crippen molar-refractivity contribution in [2.75, 3.05) is 0 Å². The summed E-state index contributed by atoms with van der Waals surface area (Å²) in [5, 5.41) is 0.0276. The van der Waals surface area contributed by atoms with E-state index in [-0.39, 0.29) is 35.8 Å². The minimum Gasteiger partial charge on any atom is -0.459 e. The number of rotatable bonds is 7. The fourth-order valence-electron chi connectivity index (χ4n) is 5.96. The van der Waals surface area contributed by atoms with E-state index in [4.69, 9.17) is 31.2 Å². The Morgan fingerprint density at radius 2 is 1.62 bits per heavy atom. The maximum atomic E-state index is 13.7. The summed E-state index contributed by atoms with van der Waals surface area (Å²) < 4.78 is 23.8. The summed E-state index contributed by atoms with van der Waals surface area (Å²) in [6.07, 6.45) is 3.88. The predicted molar refractivity (Wildman–Crippen MR) is 150 cm³/mol. The van der Waals surface area contributed by atoms with Crippen LogP contribution in [-0.4, -0.2) is 46.0 Å². The molecule has 5 atom stereocenters. The Morgan fingerprint density at radius 1 is 0.949 bits per heavy atom. The monoisotopic (exact) mass is 551 g/mol. The maximum Gasteiger partial charge on any atom is 0.411 e. The van der Waals surface area contributed by atoms with Gasteiger partial charge in [0.25, 0.3) is 0 Å². The molecule has 6 rings (SSSR count). The summed E-state index contributed by atoms with van der Waals surface area (Å²) in [4.78, 5) is 29.0. The van der Waals surface area contributed by atoms with E-state index >= 15 is 0 Å². The second-order valence-electron chi connectivity index (χ2n) is 11.8. The Kier molecular flexibility index (Phi) is 8.12. The minimum absolute atomic E-state index is 0.0132. The van der Waals surface area contributed by atoms with Gasteiger partial charge in [-0.05, 0) is 63.6 Å². The molecule has 2 aliphatic heterocycles. The van der Waals surface area contributed by atoms with Crippen molar-refractivity contribution in [3.8, 4) is 5.75 Å². The zero-order valence-corrected chi connectivity index (χ0v) is 23.6. The van der Waals surface area contributed by atoms with Crippen molar-refractivity contribution in [1.82, 2.24) is 4.90 Å². The number of fused-ring (bicyclic) bond motifs is 3. The van der Waals surface area contributed by atoms with E-state index in [0.717, 1.165) is 24.8 Å². The average molecular weight is 552 g/mol. The van der Waals surface area contributed by atoms with Crippen molar-refractivity contribution >= 4 is 29.5 Å². The van der Waals surface area contributed by atoms with Crippen LogP contribution in [0.25, 0.3) is 0 Å². The van der Waals surface area contributed by atoms with Gasteiger partial charge in [-0.25, -0.2) is 9.59 Å². The standard InChI is InChI=1S/C31H37NO6S/c1-31(2,3)38-29(34)32-25-17-16-23(26(32)28(33)35-19-21-10-6-4-7-11-21)27(24(25)18-20-14-15-20)37-30(39)36-22-12-8-5-9-13-22/h4-13,20,23-27H,14-19H2,1-3H3/t23-,24+,25-,26-,27-/m0/s1. The third-order valence-electron chi connectivity index (χ3n) is 7.75. The van der Waals surface area contributed by atoms with Crippen LogP contribution in [0.5, 0.6) is 5.75 Å². The second kappa shape index (κ2) is 11.5. The number of esters is 1. The molecular weight excluding hydrogens is 514 g/mol. The number of ether oxygens (including phenoxy) is 4. The molecule has 2 aromatic rings. The number of para-hydroxylation sites is 1. The lowest BCUT2D eigenvalue weighted by atomic mass is 9.65. The van der Waals surface area contributed by atoms with Gasteiger partial charge in [-0.1, -0.05) is 61.4 Å². The van der Waals surface area contributed by atoms with E-state index in [2.05, 4.69) is 0 Å². The summed E-state index contributed by atoms with van der Waals surface area (Å²) in [6, 6.07) is 17.8. The lowest BCUT2D eigenvalue weighted by molar-refractivity contribution is -0.176. The molecule has 39 heavy (non-hydrogen) atoms. The first-order chi connectivity index (χ1) is 18.7. The first-order valence-corrected chi connectivity index (χ1v) is 14.3. The summed E-state index contributed by atoms with van der Waals surface area (Å²) >= 11 is 5.52. The molecule has 2 bridgehead atoms. The van der Waals surface area contributed by atoms with E-state index in [1.54, 1.807) is 4.90 Å². The van der Waals surface area contributed by atoms with E-state index in [1.807, 2.05) is 81.4 Å². The summed E-state index contributed by atoms with van der Waals surface area (Å²) in [7, 11) is 0. The fraction of sp³-hybridized carbons (Fsp3) is 0.516. The third kappa shape index (κ3) is 6.72. The van der Waals surface area contributed by atoms with Crippen LogP contribution in [0.1, 0.15) is 58.4 Å². The van der Waals surface area contributed by atoms with Gasteiger partial charge in [0.2, 0.25) is 0 Å². The maximum absolute atomic E-state index is 13.7. The smallest absolute Gasteiger partial charge is 0.411 e. The molecule has 0 unspecified atom stereocenters. The molecule has 2 heterocycles. The van der Waals surface area contributed by atoms with Crippen LogP contribution < -0.4 is 4.74 Å². The molecule has 7 nitrogen and oxygen atoms in total. The highest BCUT2D eigenvalue weighted by atomic mass is 32.1. The molecule has 4 fully saturated rings. The third-order valence-corrected chi connectivity index (χ3v) is 7.92. The van der Waals surface area contributed by atoms with Crippen LogP contribution in [0.3, 0.4) is 0 Å². The first-order valence-electron chi connectivity index (χ1n) is 13.8. The molecule has 2 saturated heterocycles. The molecule has 4 aliphatic rings. The Hall–Kier alpha value is -3.13. The normalized spacial score (nSPS) is 26.0. The number of benzene rings is 2. The van der Waals surface area contributed by atoms with Crippen molar-refractivity contribution in [1.29, 1.82) is 0 Å². The van der Waals surface area contributed by atoms with Crippen molar-refractivity contribution in [3.63, 3.8) is 0 Å². The van der Waals surface area contributed by atoms with Crippen LogP contribution in [0.2, 0.25) is 0 Å². The number of thiocarbonyl (C=S) groups is 1. The SMILES string of the molecule is CC(C)(C)OC(=O)N1[C@H](C(=O)OCc2ccccc2)[C@@H]2CC[C@H]1[C@@H](CC1CC1)[C@H]2OC(=S)Oc1ccccc1. The first kappa shape index (κ1) is 27.4. The van der Waals surface area contributed by atoms with Crippen molar-refractivity contribution in [2.24, 2.45) is 17.8 Å². The van der Waals surface area contributed by atoms with E-state index in [9.17, 15) is 9.59 Å². The van der Waals surface area contributed by atoms with E-state index < -0.39 is 23.7 Å². The van der Waals surface area contributed by atoms with Crippen molar-refractivity contribution in [3.05, 3.63) is 66.2 Å². The number of hydrogen-bond donors (Lipinski definition) is 0. The zero-order valence-electron chi connectivity index (χ0n) is 22.8. The number of amides is 1. The molecule has 0 radical (unpaired) electrons. The number of carbonyl (C=O) groups excluding carboxylic acids is 2. The Balaban J connectivity index is 1.41. The molecule has 0 N–H and O–H groups in total. The molecule has 1 amide bonds. The average Bonchev–Trinajstić information content (AvgIpc) is 3.72. The quantitative estimate of drug-likeness (QED) is 0.296. The van der Waals surface area contributed by atoms with Gasteiger partial charge in [0.15, 0.2) is 0 Å². The highest BCUT2D eigenvalue weighted by Gasteiger charge is 2.60. The second-order valence-corrected chi connectivity index (χ2v) is 12.2. The van der Waals surface area contributed by atoms with Gasteiger partial charge in [0, 0.05) is 30.1 Å². The fourth-order valence-corrected chi connectivity index (χ4v) is 6.17. The molecule has 2 saturated carbocycles. The largest absolute Gasteiger partial charge is 0.459 e. The molecular formula is C31H37NO6S. The Morgan fingerprint density at radius 3 is 2.26 bits per heavy atom. The molecule has 0 spiro atoms. The number of hydrogen-bond acceptors (Lipinski definition) is 7. The van der Waals surface area contributed by atoms with Crippen LogP contribution in [0, 0.1) is 17.8 Å². The van der Waals surface area contributed by atoms with Gasteiger partial charge in [0.1, 0.15) is 30.1 Å². The lowest BCUT2D eigenvalue weighted by Gasteiger charge is -2.56. The summed E-state index contributed by atoms with van der Waals surface area (Å²) in [5.74, 6) is 0.448. The van der Waals surface area contributed by atoms with Gasteiger partial charge < -0.3 is 18.9 Å². The summed E-state index contributed by atoms with van der Waals surface area (Å²) in [5.41, 5.74) is 0.187.